The molecule has 0 fully saturated rings. The van der Waals surface area contributed by atoms with Crippen LogP contribution in [0.5, 0.6) is 5.75 Å². The summed E-state index contributed by atoms with van der Waals surface area (Å²) in [6.45, 7) is 4.70. The van der Waals surface area contributed by atoms with Crippen LogP contribution in [0.3, 0.4) is 0 Å². The number of nitrogens with two attached hydrogens (primary N) is 1. The van der Waals surface area contributed by atoms with Gasteiger partial charge in [0.2, 0.25) is 0 Å². The van der Waals surface area contributed by atoms with Crippen molar-refractivity contribution in [3.63, 3.8) is 0 Å². The van der Waals surface area contributed by atoms with Crippen molar-refractivity contribution in [2.75, 3.05) is 26.7 Å². The molecule has 1 aromatic rings. The first-order chi connectivity index (χ1) is 8.17. The number of methoxy groups -OCH3 is 1. The van der Waals surface area contributed by atoms with E-state index in [2.05, 4.69) is 12.2 Å². The van der Waals surface area contributed by atoms with E-state index < -0.39 is 0 Å². The van der Waals surface area contributed by atoms with Crippen molar-refractivity contribution in [2.24, 2.45) is 11.7 Å². The Balaban J connectivity index is 2.42. The predicted molar refractivity (Wildman–Crippen MR) is 72.8 cm³/mol. The molecule has 1 atom stereocenters. The average Bonchev–Trinajstić information content (AvgIpc) is 2.34. The molecule has 0 bridgehead atoms. The lowest BCUT2D eigenvalue weighted by molar-refractivity contribution is 0.408. The Morgan fingerprint density at radius 2 is 2.24 bits per heavy atom. The Kier molecular flexibility index (Phi) is 6.34. The summed E-state index contributed by atoms with van der Waals surface area (Å²) in [6.07, 6.45) is 0.904. The Morgan fingerprint density at radius 1 is 1.47 bits per heavy atom. The van der Waals surface area contributed by atoms with Crippen molar-refractivity contribution in [1.82, 2.24) is 5.32 Å². The lowest BCUT2D eigenvalue weighted by atomic mass is 10.1. The molecule has 1 rings (SSSR count). The molecule has 96 valence electrons. The number of halogens is 1. The Bertz CT molecular complexity index is 344. The first-order valence-electron chi connectivity index (χ1n) is 5.90. The van der Waals surface area contributed by atoms with E-state index in [4.69, 9.17) is 22.1 Å². The summed E-state index contributed by atoms with van der Waals surface area (Å²) in [5, 5.41) is 4.12. The summed E-state index contributed by atoms with van der Waals surface area (Å²) in [7, 11) is 1.68. The van der Waals surface area contributed by atoms with Crippen LogP contribution in [0.25, 0.3) is 0 Å². The van der Waals surface area contributed by atoms with Crippen LogP contribution in [0, 0.1) is 5.92 Å². The molecule has 0 spiro atoms. The molecule has 1 unspecified atom stereocenters. The summed E-state index contributed by atoms with van der Waals surface area (Å²) in [5.41, 5.74) is 6.69. The summed E-state index contributed by atoms with van der Waals surface area (Å²) < 4.78 is 5.29. The van der Waals surface area contributed by atoms with E-state index in [1.807, 2.05) is 18.2 Å². The third-order valence-corrected chi connectivity index (χ3v) is 2.94. The molecule has 0 aromatic heterocycles. The number of nitrogens with one attached hydrogen (secondary N) is 1. The van der Waals surface area contributed by atoms with Gasteiger partial charge in [-0.25, -0.2) is 0 Å². The lowest BCUT2D eigenvalue weighted by Crippen LogP contribution is -2.27. The molecule has 3 nitrogen and oxygen atoms in total. The molecule has 0 radical (unpaired) electrons. The molecule has 1 aromatic carbocycles. The van der Waals surface area contributed by atoms with Gasteiger partial charge in [0.1, 0.15) is 5.75 Å². The first-order valence-corrected chi connectivity index (χ1v) is 6.28. The fraction of sp³-hybridized carbons (Fsp3) is 0.538. The third-order valence-electron chi connectivity index (χ3n) is 2.71. The Labute approximate surface area is 108 Å². The van der Waals surface area contributed by atoms with Crippen molar-refractivity contribution in [2.45, 2.75) is 13.3 Å². The van der Waals surface area contributed by atoms with Gasteiger partial charge in [-0.15, -0.1) is 0 Å². The molecule has 0 saturated heterocycles. The van der Waals surface area contributed by atoms with Crippen molar-refractivity contribution in [3.05, 3.63) is 28.8 Å². The monoisotopic (exact) mass is 256 g/mol. The normalized spacial score (nSPS) is 12.5. The van der Waals surface area contributed by atoms with Crippen LogP contribution in [0.1, 0.15) is 12.5 Å². The molecule has 0 aliphatic carbocycles. The highest BCUT2D eigenvalue weighted by atomic mass is 35.5. The van der Waals surface area contributed by atoms with E-state index in [1.54, 1.807) is 7.11 Å². The van der Waals surface area contributed by atoms with Gasteiger partial charge in [0.15, 0.2) is 0 Å². The van der Waals surface area contributed by atoms with Gasteiger partial charge >= 0.3 is 0 Å². The second kappa shape index (κ2) is 7.54. The zero-order chi connectivity index (χ0) is 12.7. The summed E-state index contributed by atoms with van der Waals surface area (Å²) in [6, 6.07) is 5.70. The Hall–Kier alpha value is -0.770. The maximum absolute atomic E-state index is 5.97. The van der Waals surface area contributed by atoms with E-state index in [9.17, 15) is 0 Å². The molecule has 3 N–H and O–H groups in total. The minimum atomic E-state index is 0.510. The molecular weight excluding hydrogens is 236 g/mol. The largest absolute Gasteiger partial charge is 0.496 e. The van der Waals surface area contributed by atoms with Gasteiger partial charge in [-0.2, -0.15) is 0 Å². The predicted octanol–water partition coefficient (Wildman–Crippen LogP) is 2.08. The minimum Gasteiger partial charge on any atom is -0.496 e. The molecular formula is C13H21ClN2O. The van der Waals surface area contributed by atoms with Crippen LogP contribution in [0.2, 0.25) is 5.02 Å². The smallest absolute Gasteiger partial charge is 0.122 e. The van der Waals surface area contributed by atoms with Crippen molar-refractivity contribution < 1.29 is 4.74 Å². The molecule has 0 saturated carbocycles. The maximum Gasteiger partial charge on any atom is 0.122 e. The highest BCUT2D eigenvalue weighted by Gasteiger charge is 2.04. The van der Waals surface area contributed by atoms with Gasteiger partial charge in [0, 0.05) is 5.02 Å². The van der Waals surface area contributed by atoms with Crippen molar-refractivity contribution >= 4 is 11.6 Å². The van der Waals surface area contributed by atoms with Crippen LogP contribution in [0.4, 0.5) is 0 Å². The molecule has 0 aliphatic heterocycles. The van der Waals surface area contributed by atoms with Gasteiger partial charge in [-0.05, 0) is 55.7 Å². The summed E-state index contributed by atoms with van der Waals surface area (Å²) in [5.74, 6) is 1.40. The minimum absolute atomic E-state index is 0.510. The second-order valence-corrected chi connectivity index (χ2v) is 4.69. The van der Waals surface area contributed by atoms with Crippen LogP contribution in [0.15, 0.2) is 18.2 Å². The fourth-order valence-electron chi connectivity index (χ4n) is 1.60. The quantitative estimate of drug-likeness (QED) is 0.735. The highest BCUT2D eigenvalue weighted by Crippen LogP contribution is 2.22. The van der Waals surface area contributed by atoms with Crippen molar-refractivity contribution in [1.29, 1.82) is 0 Å². The van der Waals surface area contributed by atoms with Crippen molar-refractivity contribution in [3.8, 4) is 5.75 Å². The number of hydrogen-bond acceptors (Lipinski definition) is 3. The van der Waals surface area contributed by atoms with E-state index in [0.29, 0.717) is 12.5 Å². The van der Waals surface area contributed by atoms with Gasteiger partial charge in [0.05, 0.1) is 7.11 Å². The standard InChI is InChI=1S/C13H21ClN2O/c1-10(8-15)9-16-6-5-11-7-12(14)3-4-13(11)17-2/h3-4,7,10,16H,5-6,8-9,15H2,1-2H3. The van der Waals surface area contributed by atoms with Crippen LogP contribution < -0.4 is 15.8 Å². The SMILES string of the molecule is COc1ccc(Cl)cc1CCNCC(C)CN. The van der Waals surface area contributed by atoms with E-state index in [-0.39, 0.29) is 0 Å². The molecule has 0 heterocycles. The molecule has 4 heteroatoms. The zero-order valence-corrected chi connectivity index (χ0v) is 11.3. The third kappa shape index (κ3) is 4.94. The average molecular weight is 257 g/mol. The second-order valence-electron chi connectivity index (χ2n) is 4.25. The summed E-state index contributed by atoms with van der Waals surface area (Å²) >= 11 is 5.97. The molecule has 0 aliphatic rings. The maximum atomic E-state index is 5.97. The van der Waals surface area contributed by atoms with E-state index in [1.165, 1.54) is 0 Å². The van der Waals surface area contributed by atoms with Crippen LogP contribution in [-0.4, -0.2) is 26.7 Å². The molecule has 17 heavy (non-hydrogen) atoms. The Morgan fingerprint density at radius 3 is 2.88 bits per heavy atom. The fourth-order valence-corrected chi connectivity index (χ4v) is 1.79. The van der Waals surface area contributed by atoms with Gasteiger partial charge < -0.3 is 15.8 Å². The van der Waals surface area contributed by atoms with Gasteiger partial charge in [0.25, 0.3) is 0 Å². The number of hydrogen-bond donors (Lipinski definition) is 2. The first kappa shape index (κ1) is 14.3. The number of rotatable bonds is 7. The van der Waals surface area contributed by atoms with Gasteiger partial charge in [-0.1, -0.05) is 18.5 Å². The number of benzene rings is 1. The van der Waals surface area contributed by atoms with Crippen LogP contribution in [-0.2, 0) is 6.42 Å². The lowest BCUT2D eigenvalue weighted by Gasteiger charge is -2.12. The molecule has 0 amide bonds. The van der Waals surface area contributed by atoms with Gasteiger partial charge in [-0.3, -0.25) is 0 Å². The zero-order valence-electron chi connectivity index (χ0n) is 10.5. The van der Waals surface area contributed by atoms with Crippen LogP contribution >= 0.6 is 11.6 Å². The highest BCUT2D eigenvalue weighted by molar-refractivity contribution is 6.30. The topological polar surface area (TPSA) is 47.3 Å². The summed E-state index contributed by atoms with van der Waals surface area (Å²) in [4.78, 5) is 0. The van der Waals surface area contributed by atoms with E-state index >= 15 is 0 Å². The van der Waals surface area contributed by atoms with E-state index in [0.717, 1.165) is 35.8 Å². The number of ether oxygens (including phenoxy) is 1.